The van der Waals surface area contributed by atoms with Gasteiger partial charge in [-0.3, -0.25) is 4.79 Å². The van der Waals surface area contributed by atoms with E-state index in [1.165, 1.54) is 16.4 Å². The largest absolute Gasteiger partial charge is 0.486 e. The summed E-state index contributed by atoms with van der Waals surface area (Å²) >= 11 is 0. The van der Waals surface area contributed by atoms with Gasteiger partial charge in [0.15, 0.2) is 11.5 Å². The molecule has 7 nitrogen and oxygen atoms in total. The highest BCUT2D eigenvalue weighted by atomic mass is 32.2. The second-order valence-electron chi connectivity index (χ2n) is 6.87. The van der Waals surface area contributed by atoms with Crippen molar-refractivity contribution in [2.45, 2.75) is 11.8 Å². The van der Waals surface area contributed by atoms with E-state index in [1.807, 2.05) is 19.1 Å². The molecule has 2 aliphatic heterocycles. The Bertz CT molecular complexity index is 980. The van der Waals surface area contributed by atoms with Gasteiger partial charge in [0.25, 0.3) is 5.91 Å². The number of rotatable bonds is 3. The van der Waals surface area contributed by atoms with Crippen molar-refractivity contribution in [3.63, 3.8) is 0 Å². The Hall–Kier alpha value is -2.58. The maximum atomic E-state index is 13.0. The molecule has 4 rings (SSSR count). The number of sulfonamides is 1. The molecule has 0 unspecified atom stereocenters. The quantitative estimate of drug-likeness (QED) is 0.784. The van der Waals surface area contributed by atoms with Crippen LogP contribution >= 0.6 is 0 Å². The first kappa shape index (κ1) is 18.8. The van der Waals surface area contributed by atoms with Gasteiger partial charge in [-0.25, -0.2) is 8.42 Å². The van der Waals surface area contributed by atoms with E-state index < -0.39 is 10.0 Å². The number of nitrogens with zero attached hydrogens (tertiary/aromatic N) is 2. The van der Waals surface area contributed by atoms with Crippen LogP contribution < -0.4 is 9.47 Å². The molecule has 0 radical (unpaired) electrons. The first-order valence-electron chi connectivity index (χ1n) is 9.21. The third kappa shape index (κ3) is 3.57. The average Bonchev–Trinajstić information content (AvgIpc) is 2.73. The molecule has 0 spiro atoms. The topological polar surface area (TPSA) is 76.2 Å². The molecule has 2 aromatic rings. The van der Waals surface area contributed by atoms with E-state index in [-0.39, 0.29) is 23.9 Å². The zero-order valence-electron chi connectivity index (χ0n) is 15.6. The minimum absolute atomic E-state index is 0.0728. The lowest BCUT2D eigenvalue weighted by Crippen LogP contribution is -2.50. The number of aryl methyl sites for hydroxylation is 1. The standard InChI is InChI=1S/C20H22N2O5S/c1-15-2-4-16(5-3-15)20(23)21-8-10-22(11-9-21)28(24,25)17-6-7-18-19(14-17)27-13-12-26-18/h2-7,14H,8-13H2,1H3. The second kappa shape index (κ2) is 7.44. The smallest absolute Gasteiger partial charge is 0.253 e. The molecule has 1 fully saturated rings. The van der Waals surface area contributed by atoms with Gasteiger partial charge in [0.1, 0.15) is 13.2 Å². The summed E-state index contributed by atoms with van der Waals surface area (Å²) in [6.45, 7) is 4.05. The van der Waals surface area contributed by atoms with Crippen LogP contribution in [0.2, 0.25) is 0 Å². The molecular formula is C20H22N2O5S. The van der Waals surface area contributed by atoms with E-state index in [2.05, 4.69) is 0 Å². The number of fused-ring (bicyclic) bond motifs is 1. The SMILES string of the molecule is Cc1ccc(C(=O)N2CCN(S(=O)(=O)c3ccc4c(c3)OCCO4)CC2)cc1. The fourth-order valence-electron chi connectivity index (χ4n) is 3.34. The minimum Gasteiger partial charge on any atom is -0.486 e. The number of ether oxygens (including phenoxy) is 2. The third-order valence-electron chi connectivity index (χ3n) is 4.98. The Labute approximate surface area is 164 Å². The van der Waals surface area contributed by atoms with E-state index in [1.54, 1.807) is 23.1 Å². The van der Waals surface area contributed by atoms with Crippen molar-refractivity contribution in [1.29, 1.82) is 0 Å². The van der Waals surface area contributed by atoms with Crippen LogP contribution in [0.25, 0.3) is 0 Å². The van der Waals surface area contributed by atoms with Crippen LogP contribution in [-0.4, -0.2) is 62.9 Å². The van der Waals surface area contributed by atoms with Gasteiger partial charge in [-0.1, -0.05) is 17.7 Å². The van der Waals surface area contributed by atoms with Gasteiger partial charge in [0, 0.05) is 37.8 Å². The van der Waals surface area contributed by atoms with Gasteiger partial charge in [0.2, 0.25) is 10.0 Å². The number of carbonyl (C=O) groups excluding carboxylic acids is 1. The third-order valence-corrected chi connectivity index (χ3v) is 6.87. The van der Waals surface area contributed by atoms with Crippen LogP contribution in [0.4, 0.5) is 0 Å². The summed E-state index contributed by atoms with van der Waals surface area (Å²) in [5.41, 5.74) is 1.71. The normalized spacial score (nSPS) is 17.4. The van der Waals surface area contributed by atoms with Gasteiger partial charge in [-0.05, 0) is 31.2 Å². The summed E-state index contributed by atoms with van der Waals surface area (Å²) in [7, 11) is -3.66. The Kier molecular flexibility index (Phi) is 4.99. The lowest BCUT2D eigenvalue weighted by molar-refractivity contribution is 0.0698. The summed E-state index contributed by atoms with van der Waals surface area (Å²) in [6, 6.07) is 12.1. The highest BCUT2D eigenvalue weighted by Crippen LogP contribution is 2.33. The summed E-state index contributed by atoms with van der Waals surface area (Å²) in [6.07, 6.45) is 0. The summed E-state index contributed by atoms with van der Waals surface area (Å²) in [4.78, 5) is 14.5. The molecule has 0 N–H and O–H groups in total. The molecule has 1 saturated heterocycles. The van der Waals surface area contributed by atoms with Crippen molar-refractivity contribution in [2.75, 3.05) is 39.4 Å². The van der Waals surface area contributed by atoms with Gasteiger partial charge in [-0.15, -0.1) is 0 Å². The molecular weight excluding hydrogens is 380 g/mol. The molecule has 0 aliphatic carbocycles. The maximum absolute atomic E-state index is 13.0. The van der Waals surface area contributed by atoms with E-state index in [9.17, 15) is 13.2 Å². The number of hydrogen-bond donors (Lipinski definition) is 0. The lowest BCUT2D eigenvalue weighted by atomic mass is 10.1. The molecule has 0 saturated carbocycles. The maximum Gasteiger partial charge on any atom is 0.253 e. The van der Waals surface area contributed by atoms with Crippen molar-refractivity contribution < 1.29 is 22.7 Å². The summed E-state index contributed by atoms with van der Waals surface area (Å²) in [5, 5.41) is 0. The van der Waals surface area contributed by atoms with E-state index in [0.29, 0.717) is 43.4 Å². The van der Waals surface area contributed by atoms with E-state index in [4.69, 9.17) is 9.47 Å². The number of amides is 1. The number of benzene rings is 2. The van der Waals surface area contributed by atoms with Crippen LogP contribution in [-0.2, 0) is 10.0 Å². The van der Waals surface area contributed by atoms with Gasteiger partial charge < -0.3 is 14.4 Å². The fraction of sp³-hybridized carbons (Fsp3) is 0.350. The molecule has 8 heteroatoms. The predicted molar refractivity (Wildman–Crippen MR) is 103 cm³/mol. The molecule has 0 bridgehead atoms. The first-order chi connectivity index (χ1) is 13.4. The molecule has 2 aromatic carbocycles. The molecule has 0 atom stereocenters. The Balaban J connectivity index is 1.45. The highest BCUT2D eigenvalue weighted by molar-refractivity contribution is 7.89. The Morgan fingerprint density at radius 2 is 1.54 bits per heavy atom. The average molecular weight is 402 g/mol. The van der Waals surface area contributed by atoms with Crippen LogP contribution in [0, 0.1) is 6.92 Å². The molecule has 2 aliphatic rings. The second-order valence-corrected chi connectivity index (χ2v) is 8.81. The van der Waals surface area contributed by atoms with Crippen molar-refractivity contribution in [1.82, 2.24) is 9.21 Å². The van der Waals surface area contributed by atoms with E-state index in [0.717, 1.165) is 5.56 Å². The van der Waals surface area contributed by atoms with Gasteiger partial charge >= 0.3 is 0 Å². The lowest BCUT2D eigenvalue weighted by Gasteiger charge is -2.34. The molecule has 148 valence electrons. The molecule has 28 heavy (non-hydrogen) atoms. The molecule has 1 amide bonds. The number of hydrogen-bond acceptors (Lipinski definition) is 5. The zero-order valence-corrected chi connectivity index (χ0v) is 16.4. The van der Waals surface area contributed by atoms with Crippen molar-refractivity contribution in [3.8, 4) is 11.5 Å². The number of carbonyl (C=O) groups is 1. The predicted octanol–water partition coefficient (Wildman–Crippen LogP) is 1.91. The van der Waals surface area contributed by atoms with Crippen LogP contribution in [0.3, 0.4) is 0 Å². The Morgan fingerprint density at radius 1 is 0.893 bits per heavy atom. The fourth-order valence-corrected chi connectivity index (χ4v) is 4.78. The van der Waals surface area contributed by atoms with Crippen LogP contribution in [0.5, 0.6) is 11.5 Å². The minimum atomic E-state index is -3.66. The van der Waals surface area contributed by atoms with Crippen LogP contribution in [0.1, 0.15) is 15.9 Å². The first-order valence-corrected chi connectivity index (χ1v) is 10.6. The monoisotopic (exact) mass is 402 g/mol. The summed E-state index contributed by atoms with van der Waals surface area (Å²) < 4.78 is 38.3. The number of piperazine rings is 1. The molecule has 2 heterocycles. The highest BCUT2D eigenvalue weighted by Gasteiger charge is 2.31. The summed E-state index contributed by atoms with van der Waals surface area (Å²) in [5.74, 6) is 0.926. The van der Waals surface area contributed by atoms with Crippen LogP contribution in [0.15, 0.2) is 47.4 Å². The van der Waals surface area contributed by atoms with Crippen molar-refractivity contribution >= 4 is 15.9 Å². The van der Waals surface area contributed by atoms with E-state index >= 15 is 0 Å². The van der Waals surface area contributed by atoms with Gasteiger partial charge in [0.05, 0.1) is 4.90 Å². The van der Waals surface area contributed by atoms with Gasteiger partial charge in [-0.2, -0.15) is 4.31 Å². The Morgan fingerprint density at radius 3 is 2.21 bits per heavy atom. The van der Waals surface area contributed by atoms with Crippen molar-refractivity contribution in [2.24, 2.45) is 0 Å². The zero-order chi connectivity index (χ0) is 19.7. The molecule has 0 aromatic heterocycles. The van der Waals surface area contributed by atoms with Crippen molar-refractivity contribution in [3.05, 3.63) is 53.6 Å².